The van der Waals surface area contributed by atoms with Gasteiger partial charge in [0, 0.05) is 53.8 Å². The number of pyridine rings is 1. The van der Waals surface area contributed by atoms with Gasteiger partial charge in [-0.15, -0.1) is 0 Å². The minimum atomic E-state index is 0.0647. The van der Waals surface area contributed by atoms with E-state index in [1.807, 2.05) is 47.4 Å². The zero-order valence-corrected chi connectivity index (χ0v) is 16.9. The maximum atomic E-state index is 10.2. The van der Waals surface area contributed by atoms with E-state index in [4.69, 9.17) is 5.10 Å². The van der Waals surface area contributed by atoms with E-state index in [0.717, 1.165) is 36.3 Å². The van der Waals surface area contributed by atoms with Gasteiger partial charge >= 0.3 is 0 Å². The highest BCUT2D eigenvalue weighted by atomic mass is 16.3. The number of benzene rings is 1. The summed E-state index contributed by atoms with van der Waals surface area (Å²) in [6.07, 6.45) is 10.4. The van der Waals surface area contributed by atoms with E-state index >= 15 is 0 Å². The van der Waals surface area contributed by atoms with Crippen molar-refractivity contribution in [2.24, 2.45) is 5.41 Å². The van der Waals surface area contributed by atoms with Crippen LogP contribution >= 0.6 is 0 Å². The third kappa shape index (κ3) is 3.09. The van der Waals surface area contributed by atoms with Crippen molar-refractivity contribution < 1.29 is 5.11 Å². The lowest BCUT2D eigenvalue weighted by Crippen LogP contribution is -2.39. The second-order valence-corrected chi connectivity index (χ2v) is 8.52. The number of hydrogen-bond acceptors (Lipinski definition) is 4. The molecular weight excluding hydrogens is 360 g/mol. The first-order valence-electron chi connectivity index (χ1n) is 10.6. The van der Waals surface area contributed by atoms with Crippen molar-refractivity contribution >= 4 is 0 Å². The molecule has 2 bridgehead atoms. The van der Waals surface area contributed by atoms with Gasteiger partial charge in [-0.3, -0.25) is 9.88 Å². The van der Waals surface area contributed by atoms with Crippen LogP contribution in [0.2, 0.25) is 0 Å². The molecule has 0 amide bonds. The van der Waals surface area contributed by atoms with Crippen molar-refractivity contribution in [3.63, 3.8) is 0 Å². The van der Waals surface area contributed by atoms with Crippen LogP contribution in [0.25, 0.3) is 16.9 Å². The molecule has 3 aromatic rings. The quantitative estimate of drug-likeness (QED) is 0.692. The van der Waals surface area contributed by atoms with Gasteiger partial charge in [0.25, 0.3) is 0 Å². The summed E-state index contributed by atoms with van der Waals surface area (Å²) in [4.78, 5) is 6.81. The standard InChI is InChI=1S/C24H28N4O/c1-2-24(17-29)14-21-8-9-22(24)27(21)15-19-16-28(20-6-4-3-5-7-20)26-23(19)18-10-12-25-13-11-18/h3-7,10-13,16,21-22,29H,2,8-9,14-15,17H2,1H3/t21-,22+,24-/m0/s1. The zero-order valence-electron chi connectivity index (χ0n) is 16.9. The molecule has 150 valence electrons. The first-order valence-corrected chi connectivity index (χ1v) is 10.6. The Labute approximate surface area is 172 Å². The van der Waals surface area contributed by atoms with Gasteiger partial charge in [-0.25, -0.2) is 4.68 Å². The predicted octanol–water partition coefficient (Wildman–Crippen LogP) is 4.06. The Kier molecular flexibility index (Phi) is 4.72. The summed E-state index contributed by atoms with van der Waals surface area (Å²) >= 11 is 0. The summed E-state index contributed by atoms with van der Waals surface area (Å²) in [5.74, 6) is 0. The molecule has 1 N–H and O–H groups in total. The van der Waals surface area contributed by atoms with Crippen LogP contribution in [0.1, 0.15) is 38.2 Å². The smallest absolute Gasteiger partial charge is 0.0973 e. The lowest BCUT2D eigenvalue weighted by Gasteiger charge is -2.35. The van der Waals surface area contributed by atoms with Crippen molar-refractivity contribution in [1.82, 2.24) is 19.7 Å². The van der Waals surface area contributed by atoms with E-state index in [2.05, 4.69) is 35.1 Å². The van der Waals surface area contributed by atoms with Crippen molar-refractivity contribution in [3.05, 3.63) is 66.6 Å². The Balaban J connectivity index is 1.52. The second-order valence-electron chi connectivity index (χ2n) is 8.52. The molecule has 5 rings (SSSR count). The van der Waals surface area contributed by atoms with Crippen molar-refractivity contribution in [1.29, 1.82) is 0 Å². The minimum Gasteiger partial charge on any atom is -0.396 e. The van der Waals surface area contributed by atoms with Crippen LogP contribution in [0.15, 0.2) is 61.1 Å². The van der Waals surface area contributed by atoms with Gasteiger partial charge in [-0.1, -0.05) is 25.1 Å². The Morgan fingerprint density at radius 2 is 1.90 bits per heavy atom. The average Bonchev–Trinajstić information content (AvgIpc) is 3.47. The van der Waals surface area contributed by atoms with Crippen LogP contribution < -0.4 is 0 Å². The summed E-state index contributed by atoms with van der Waals surface area (Å²) < 4.78 is 1.99. The molecule has 2 saturated heterocycles. The largest absolute Gasteiger partial charge is 0.396 e. The van der Waals surface area contributed by atoms with Crippen LogP contribution in [0.5, 0.6) is 0 Å². The van der Waals surface area contributed by atoms with Crippen molar-refractivity contribution in [2.75, 3.05) is 6.61 Å². The van der Waals surface area contributed by atoms with Gasteiger partial charge in [0.1, 0.15) is 0 Å². The summed E-state index contributed by atoms with van der Waals surface area (Å²) in [6, 6.07) is 15.4. The van der Waals surface area contributed by atoms with E-state index in [1.165, 1.54) is 18.4 Å². The Morgan fingerprint density at radius 1 is 1.10 bits per heavy atom. The predicted molar refractivity (Wildman–Crippen MR) is 114 cm³/mol. The average molecular weight is 389 g/mol. The number of nitrogens with zero attached hydrogens (tertiary/aromatic N) is 4. The number of aliphatic hydroxyl groups is 1. The van der Waals surface area contributed by atoms with Crippen molar-refractivity contribution in [3.8, 4) is 16.9 Å². The van der Waals surface area contributed by atoms with Crippen LogP contribution in [-0.4, -0.2) is 43.5 Å². The molecule has 2 aliphatic heterocycles. The topological polar surface area (TPSA) is 54.2 Å². The summed E-state index contributed by atoms with van der Waals surface area (Å²) in [6.45, 7) is 3.40. The first-order chi connectivity index (χ1) is 14.2. The van der Waals surface area contributed by atoms with E-state index in [1.54, 1.807) is 0 Å². The van der Waals surface area contributed by atoms with E-state index in [0.29, 0.717) is 18.7 Å². The van der Waals surface area contributed by atoms with Crippen molar-refractivity contribution in [2.45, 2.75) is 51.2 Å². The van der Waals surface area contributed by atoms with Gasteiger partial charge < -0.3 is 5.11 Å². The number of fused-ring (bicyclic) bond motifs is 2. The minimum absolute atomic E-state index is 0.0647. The fourth-order valence-corrected chi connectivity index (χ4v) is 5.51. The molecule has 29 heavy (non-hydrogen) atoms. The van der Waals surface area contributed by atoms with E-state index < -0.39 is 0 Å². The van der Waals surface area contributed by atoms with Crippen LogP contribution in [0.3, 0.4) is 0 Å². The van der Waals surface area contributed by atoms with Gasteiger partial charge in [0.05, 0.1) is 18.0 Å². The number of para-hydroxylation sites is 1. The molecule has 2 aliphatic rings. The highest BCUT2D eigenvalue weighted by Gasteiger charge is 2.54. The maximum Gasteiger partial charge on any atom is 0.0973 e. The first kappa shape index (κ1) is 18.5. The molecular formula is C24H28N4O. The molecule has 0 spiro atoms. The number of aliphatic hydroxyl groups excluding tert-OH is 1. The summed E-state index contributed by atoms with van der Waals surface area (Å²) in [5.41, 5.74) is 4.49. The summed E-state index contributed by atoms with van der Waals surface area (Å²) in [7, 11) is 0. The monoisotopic (exact) mass is 388 g/mol. The number of hydrogen-bond donors (Lipinski definition) is 1. The van der Waals surface area contributed by atoms with E-state index in [-0.39, 0.29) is 5.41 Å². The molecule has 5 heteroatoms. The highest BCUT2D eigenvalue weighted by molar-refractivity contribution is 5.62. The fourth-order valence-electron chi connectivity index (χ4n) is 5.51. The lowest BCUT2D eigenvalue weighted by molar-refractivity contribution is 0.0714. The van der Waals surface area contributed by atoms with Gasteiger partial charge in [-0.2, -0.15) is 5.10 Å². The van der Waals surface area contributed by atoms with Gasteiger partial charge in [0.2, 0.25) is 0 Å². The van der Waals surface area contributed by atoms with Crippen LogP contribution in [0, 0.1) is 5.41 Å². The Morgan fingerprint density at radius 3 is 2.59 bits per heavy atom. The third-order valence-corrected chi connectivity index (χ3v) is 7.13. The highest BCUT2D eigenvalue weighted by Crippen LogP contribution is 2.52. The molecule has 2 aromatic heterocycles. The number of rotatable bonds is 6. The van der Waals surface area contributed by atoms with Crippen LogP contribution in [-0.2, 0) is 6.54 Å². The molecule has 2 fully saturated rings. The normalized spacial score (nSPS) is 26.3. The second kappa shape index (κ2) is 7.39. The molecule has 4 heterocycles. The Bertz CT molecular complexity index is 965. The molecule has 0 aliphatic carbocycles. The Hall–Kier alpha value is -2.50. The molecule has 3 atom stereocenters. The fraction of sp³-hybridized carbons (Fsp3) is 0.417. The molecule has 0 saturated carbocycles. The SMILES string of the molecule is CC[C@@]1(CO)C[C@@H]2CC[C@H]1N2Cc1cn(-c2ccccc2)nc1-c1ccncc1. The molecule has 0 unspecified atom stereocenters. The molecule has 0 radical (unpaired) electrons. The molecule has 5 nitrogen and oxygen atoms in total. The van der Waals surface area contributed by atoms with Gasteiger partial charge in [-0.05, 0) is 49.9 Å². The molecule has 1 aromatic carbocycles. The van der Waals surface area contributed by atoms with Gasteiger partial charge in [0.15, 0.2) is 0 Å². The third-order valence-electron chi connectivity index (χ3n) is 7.13. The van der Waals surface area contributed by atoms with Crippen LogP contribution in [0.4, 0.5) is 0 Å². The lowest BCUT2D eigenvalue weighted by atomic mass is 9.72. The summed E-state index contributed by atoms with van der Waals surface area (Å²) in [5, 5.41) is 15.1. The zero-order chi connectivity index (χ0) is 19.8. The van der Waals surface area contributed by atoms with E-state index in [9.17, 15) is 5.11 Å². The maximum absolute atomic E-state index is 10.2. The number of aromatic nitrogens is 3.